The molecule has 1 amide bonds. The molecule has 1 aliphatic rings. The number of benzene rings is 1. The molecule has 1 aliphatic carbocycles. The van der Waals surface area contributed by atoms with Crippen LogP contribution in [0.15, 0.2) is 41.0 Å². The van der Waals surface area contributed by atoms with Crippen LogP contribution in [0.1, 0.15) is 43.6 Å². The van der Waals surface area contributed by atoms with Gasteiger partial charge in [-0.1, -0.05) is 64.0 Å². The second kappa shape index (κ2) is 17.3. The van der Waals surface area contributed by atoms with Crippen molar-refractivity contribution in [2.75, 3.05) is 0 Å². The molecule has 2 radical (unpaired) electrons. The Morgan fingerprint density at radius 1 is 1.08 bits per heavy atom. The van der Waals surface area contributed by atoms with E-state index < -0.39 is 5.91 Å². The molecule has 6 heteroatoms. The van der Waals surface area contributed by atoms with Crippen LogP contribution < -0.4 is 24.8 Å². The number of allylic oxidation sites excluding steroid dienone is 4. The zero-order valence-corrected chi connectivity index (χ0v) is 22.2. The van der Waals surface area contributed by atoms with Gasteiger partial charge in [0.2, 0.25) is 0 Å². The number of amides is 1. The fourth-order valence-corrected chi connectivity index (χ4v) is 1.99. The maximum atomic E-state index is 10.5. The zero-order chi connectivity index (χ0) is 17.3. The largest absolute Gasteiger partial charge is 4.00 e. The van der Waals surface area contributed by atoms with E-state index in [0.717, 1.165) is 15.1 Å². The van der Waals surface area contributed by atoms with Crippen LogP contribution in [0, 0.1) is 18.9 Å². The van der Waals surface area contributed by atoms with Crippen LogP contribution in [0.5, 0.6) is 0 Å². The summed E-state index contributed by atoms with van der Waals surface area (Å²) in [5.74, 6) is -0.0527. The molecule has 2 nitrogen and oxygen atoms in total. The predicted molar refractivity (Wildman–Crippen MR) is 97.3 cm³/mol. The van der Waals surface area contributed by atoms with Crippen molar-refractivity contribution >= 4 is 15.4 Å². The Labute approximate surface area is 187 Å². The monoisotopic (exact) mass is 563 g/mol. The van der Waals surface area contributed by atoms with Crippen LogP contribution in [0.4, 0.5) is 0 Å². The van der Waals surface area contributed by atoms with Gasteiger partial charge in [0, 0.05) is 15.1 Å². The number of halogens is 2. The summed E-state index contributed by atoms with van der Waals surface area (Å²) < 4.78 is 0. The summed E-state index contributed by atoms with van der Waals surface area (Å²) in [6, 6.07) is 7.09. The second-order valence-electron chi connectivity index (χ2n) is 5.44. The van der Waals surface area contributed by atoms with E-state index in [1.165, 1.54) is 16.7 Å². The minimum Gasteiger partial charge on any atom is -1.00 e. The van der Waals surface area contributed by atoms with Crippen molar-refractivity contribution in [2.24, 2.45) is 5.92 Å². The van der Waals surface area contributed by atoms with E-state index in [1.54, 1.807) is 12.1 Å². The summed E-state index contributed by atoms with van der Waals surface area (Å²) in [7, 11) is 1.08. The molecule has 0 fully saturated rings. The number of carbonyl (C=O) groups excluding carboxylic acids is 1. The number of aryl methyl sites for hydroxylation is 1. The van der Waals surface area contributed by atoms with Crippen LogP contribution in [0.3, 0.4) is 0 Å². The SMILES string of the molecule is CC1=[C-]C(C)C(C)=C1C.C[Si]C.Cc1ccccc1C([NH-])=O.[Cl-].[Cl-].[Hf+4]. The maximum Gasteiger partial charge on any atom is 4.00 e. The Hall–Kier alpha value is -0.163. The molecule has 2 rings (SSSR count). The van der Waals surface area contributed by atoms with Gasteiger partial charge in [0.1, 0.15) is 0 Å². The van der Waals surface area contributed by atoms with E-state index in [4.69, 9.17) is 5.73 Å². The number of carbonyl (C=O) groups is 1. The van der Waals surface area contributed by atoms with E-state index >= 15 is 0 Å². The minimum absolute atomic E-state index is 0. The molecule has 1 aromatic carbocycles. The van der Waals surface area contributed by atoms with Crippen LogP contribution in [-0.2, 0) is 25.8 Å². The van der Waals surface area contributed by atoms with Gasteiger partial charge in [-0.2, -0.15) is 11.1 Å². The van der Waals surface area contributed by atoms with Crippen LogP contribution in [-0.4, -0.2) is 15.4 Å². The average molecular weight is 563 g/mol. The van der Waals surface area contributed by atoms with Gasteiger partial charge in [0.25, 0.3) is 0 Å². The fourth-order valence-electron chi connectivity index (χ4n) is 1.99. The smallest absolute Gasteiger partial charge is 1.00 e. The van der Waals surface area contributed by atoms with Crippen molar-refractivity contribution in [3.05, 3.63) is 63.9 Å². The summed E-state index contributed by atoms with van der Waals surface area (Å²) in [4.78, 5) is 10.5. The van der Waals surface area contributed by atoms with Crippen molar-refractivity contribution < 1.29 is 55.5 Å². The van der Waals surface area contributed by atoms with Gasteiger partial charge < -0.3 is 35.3 Å². The molecular weight excluding hydrogens is 536 g/mol. The Morgan fingerprint density at radius 3 is 1.72 bits per heavy atom. The quantitative estimate of drug-likeness (QED) is 0.343. The molecule has 136 valence electrons. The first-order valence-corrected chi connectivity index (χ1v) is 9.44. The van der Waals surface area contributed by atoms with Crippen molar-refractivity contribution in [1.82, 2.24) is 0 Å². The molecule has 1 unspecified atom stereocenters. The number of hydrogen-bond donors (Lipinski definition) is 0. The zero-order valence-electron chi connectivity index (χ0n) is 16.1. The number of hydrogen-bond acceptors (Lipinski definition) is 1. The topological polar surface area (TPSA) is 40.9 Å². The Bertz CT molecular complexity index is 574. The summed E-state index contributed by atoms with van der Waals surface area (Å²) in [5.41, 5.74) is 12.4. The first-order valence-electron chi connectivity index (χ1n) is 7.44. The van der Waals surface area contributed by atoms with E-state index in [0.29, 0.717) is 11.5 Å². The summed E-state index contributed by atoms with van der Waals surface area (Å²) in [5, 5.41) is 0. The fraction of sp³-hybridized carbons (Fsp3) is 0.421. The van der Waals surface area contributed by atoms with Crippen molar-refractivity contribution in [2.45, 2.75) is 47.7 Å². The van der Waals surface area contributed by atoms with Gasteiger partial charge in [0.15, 0.2) is 0 Å². The van der Waals surface area contributed by atoms with E-state index in [1.807, 2.05) is 19.1 Å². The van der Waals surface area contributed by atoms with Gasteiger partial charge in [0.05, 0.1) is 5.91 Å². The first-order chi connectivity index (χ1) is 10.3. The van der Waals surface area contributed by atoms with Crippen molar-refractivity contribution in [3.8, 4) is 0 Å². The van der Waals surface area contributed by atoms with Crippen LogP contribution >= 0.6 is 0 Å². The minimum atomic E-state index is -0.613. The average Bonchev–Trinajstić information content (AvgIpc) is 2.67. The Morgan fingerprint density at radius 2 is 1.52 bits per heavy atom. The molecule has 0 aromatic heterocycles. The maximum absolute atomic E-state index is 10.5. The number of nitrogens with one attached hydrogen (secondary N) is 1. The third kappa shape index (κ3) is 12.0. The first kappa shape index (κ1) is 32.5. The van der Waals surface area contributed by atoms with E-state index in [9.17, 15) is 4.79 Å². The van der Waals surface area contributed by atoms with Crippen LogP contribution in [0.2, 0.25) is 13.1 Å². The summed E-state index contributed by atoms with van der Waals surface area (Å²) >= 11 is 0. The summed E-state index contributed by atoms with van der Waals surface area (Å²) in [6.07, 6.45) is 3.36. The molecular formula is C19H27Cl2HfNOSi. The van der Waals surface area contributed by atoms with Crippen molar-refractivity contribution in [3.63, 3.8) is 0 Å². The van der Waals surface area contributed by atoms with E-state index in [-0.39, 0.29) is 50.7 Å². The molecule has 0 heterocycles. The predicted octanol–water partition coefficient (Wildman–Crippen LogP) is -0.298. The van der Waals surface area contributed by atoms with Gasteiger partial charge in [-0.3, -0.25) is 6.08 Å². The second-order valence-corrected chi connectivity index (χ2v) is 6.44. The third-order valence-corrected chi connectivity index (χ3v) is 3.63. The molecule has 1 N–H and O–H groups in total. The molecule has 1 aromatic rings. The normalized spacial score (nSPS) is 14.2. The summed E-state index contributed by atoms with van der Waals surface area (Å²) in [6.45, 7) is 14.8. The molecule has 1 atom stereocenters. The molecule has 0 saturated heterocycles. The van der Waals surface area contributed by atoms with Gasteiger partial charge in [-0.05, 0) is 12.5 Å². The molecule has 0 spiro atoms. The van der Waals surface area contributed by atoms with Gasteiger partial charge in [-0.15, -0.1) is 6.92 Å². The van der Waals surface area contributed by atoms with E-state index in [2.05, 4.69) is 46.9 Å². The van der Waals surface area contributed by atoms with Crippen LogP contribution in [0.25, 0.3) is 5.73 Å². The Kier molecular flexibility index (Phi) is 22.4. The molecule has 25 heavy (non-hydrogen) atoms. The molecule has 0 aliphatic heterocycles. The van der Waals surface area contributed by atoms with Gasteiger partial charge >= 0.3 is 25.8 Å². The third-order valence-electron chi connectivity index (χ3n) is 3.63. The molecule has 0 bridgehead atoms. The Balaban J connectivity index is -0.000000139. The van der Waals surface area contributed by atoms with Gasteiger partial charge in [-0.25, -0.2) is 5.57 Å². The molecule has 0 saturated carbocycles. The standard InChI is InChI=1S/C9H13.C8H9NO.C2H6Si.2ClH.Hf/c1-6-5-7(2)9(4)8(6)3;1-6-4-2-3-5-7(6)8(9)10;1-3-2;;;/h6H,1-4H3;2-5H,1H3,(H2,9,10);1-2H3;2*1H;/q-1;;;;;+4/p-3. The number of rotatable bonds is 1. The van der Waals surface area contributed by atoms with Crippen molar-refractivity contribution in [1.29, 1.82) is 0 Å².